The second kappa shape index (κ2) is 6.16. The molecule has 2 heterocycles. The Morgan fingerprint density at radius 2 is 2.32 bits per heavy atom. The van der Waals surface area contributed by atoms with Gasteiger partial charge in [0, 0.05) is 32.2 Å². The standard InChI is InChI=1S/C13H23N5O/c1-4-11-15-12(17-14)8-13(16-11)18-6-5-10(19-3)7-9(18)2/h8-10H,4-7,14H2,1-3H3,(H,15,16,17). The van der Waals surface area contributed by atoms with E-state index in [-0.39, 0.29) is 0 Å². The number of nitrogen functional groups attached to an aromatic ring is 1. The summed E-state index contributed by atoms with van der Waals surface area (Å²) in [7, 11) is 1.78. The summed E-state index contributed by atoms with van der Waals surface area (Å²) in [5.41, 5.74) is 2.61. The number of aromatic nitrogens is 2. The number of piperidine rings is 1. The zero-order chi connectivity index (χ0) is 13.8. The van der Waals surface area contributed by atoms with Gasteiger partial charge in [0.1, 0.15) is 17.5 Å². The summed E-state index contributed by atoms with van der Waals surface area (Å²) in [4.78, 5) is 11.2. The molecule has 6 heteroatoms. The minimum absolute atomic E-state index is 0.353. The predicted molar refractivity (Wildman–Crippen MR) is 76.1 cm³/mol. The zero-order valence-electron chi connectivity index (χ0n) is 11.9. The Labute approximate surface area is 114 Å². The van der Waals surface area contributed by atoms with Gasteiger partial charge in [0.05, 0.1) is 6.10 Å². The Morgan fingerprint density at radius 1 is 1.53 bits per heavy atom. The monoisotopic (exact) mass is 265 g/mol. The van der Waals surface area contributed by atoms with Crippen molar-refractivity contribution in [1.82, 2.24) is 9.97 Å². The van der Waals surface area contributed by atoms with Crippen molar-refractivity contribution in [1.29, 1.82) is 0 Å². The summed E-state index contributed by atoms with van der Waals surface area (Å²) < 4.78 is 5.44. The van der Waals surface area contributed by atoms with Gasteiger partial charge in [0.2, 0.25) is 0 Å². The number of nitrogens with two attached hydrogens (primary N) is 1. The fourth-order valence-corrected chi connectivity index (χ4v) is 2.55. The molecule has 6 nitrogen and oxygen atoms in total. The lowest BCUT2D eigenvalue weighted by atomic mass is 10.0. The molecule has 0 radical (unpaired) electrons. The molecular formula is C13H23N5O. The predicted octanol–water partition coefficient (Wildman–Crippen LogP) is 1.33. The minimum Gasteiger partial charge on any atom is -0.381 e. The third-order valence-electron chi connectivity index (χ3n) is 3.68. The maximum Gasteiger partial charge on any atom is 0.145 e. The summed E-state index contributed by atoms with van der Waals surface area (Å²) in [6.07, 6.45) is 3.20. The largest absolute Gasteiger partial charge is 0.381 e. The molecule has 1 aromatic rings. The second-order valence-corrected chi connectivity index (χ2v) is 4.95. The van der Waals surface area contributed by atoms with Gasteiger partial charge in [0.15, 0.2) is 0 Å². The molecule has 0 amide bonds. The van der Waals surface area contributed by atoms with E-state index in [1.807, 2.05) is 13.0 Å². The van der Waals surface area contributed by atoms with Gasteiger partial charge in [-0.25, -0.2) is 15.8 Å². The fraction of sp³-hybridized carbons (Fsp3) is 0.692. The van der Waals surface area contributed by atoms with Crippen LogP contribution in [0.4, 0.5) is 11.6 Å². The van der Waals surface area contributed by atoms with Gasteiger partial charge in [-0.3, -0.25) is 0 Å². The van der Waals surface area contributed by atoms with Crippen LogP contribution in [0.15, 0.2) is 6.07 Å². The lowest BCUT2D eigenvalue weighted by Gasteiger charge is -2.38. The van der Waals surface area contributed by atoms with Crippen LogP contribution in [0, 0.1) is 0 Å². The highest BCUT2D eigenvalue weighted by Gasteiger charge is 2.26. The van der Waals surface area contributed by atoms with Crippen molar-refractivity contribution >= 4 is 11.6 Å². The molecule has 0 aromatic carbocycles. The van der Waals surface area contributed by atoms with E-state index >= 15 is 0 Å². The van der Waals surface area contributed by atoms with Crippen molar-refractivity contribution < 1.29 is 4.74 Å². The molecule has 0 spiro atoms. The highest BCUT2D eigenvalue weighted by molar-refractivity contribution is 5.49. The first-order valence-electron chi connectivity index (χ1n) is 6.82. The molecule has 106 valence electrons. The molecular weight excluding hydrogens is 242 g/mol. The van der Waals surface area contributed by atoms with Crippen molar-refractivity contribution in [2.75, 3.05) is 24.0 Å². The van der Waals surface area contributed by atoms with Gasteiger partial charge in [-0.1, -0.05) is 6.92 Å². The van der Waals surface area contributed by atoms with Crippen LogP contribution in [0.5, 0.6) is 0 Å². The first kappa shape index (κ1) is 14.0. The third-order valence-corrected chi connectivity index (χ3v) is 3.68. The van der Waals surface area contributed by atoms with Crippen LogP contribution in [-0.4, -0.2) is 35.8 Å². The van der Waals surface area contributed by atoms with Crippen molar-refractivity contribution in [3.8, 4) is 0 Å². The highest BCUT2D eigenvalue weighted by atomic mass is 16.5. The number of hydrazine groups is 1. The number of ether oxygens (including phenoxy) is 1. The van der Waals surface area contributed by atoms with Crippen molar-refractivity contribution in [3.05, 3.63) is 11.9 Å². The quantitative estimate of drug-likeness (QED) is 0.632. The van der Waals surface area contributed by atoms with Crippen molar-refractivity contribution in [3.63, 3.8) is 0 Å². The van der Waals surface area contributed by atoms with Crippen LogP contribution < -0.4 is 16.2 Å². The molecule has 2 rings (SSSR count). The summed E-state index contributed by atoms with van der Waals surface area (Å²) in [5, 5.41) is 0. The smallest absolute Gasteiger partial charge is 0.145 e. The summed E-state index contributed by atoms with van der Waals surface area (Å²) in [6.45, 7) is 5.19. The molecule has 1 aliphatic rings. The van der Waals surface area contributed by atoms with Gasteiger partial charge in [-0.05, 0) is 19.8 Å². The van der Waals surface area contributed by atoms with Crippen LogP contribution in [0.25, 0.3) is 0 Å². The Morgan fingerprint density at radius 3 is 2.89 bits per heavy atom. The number of nitrogens with zero attached hydrogens (tertiary/aromatic N) is 3. The Kier molecular flexibility index (Phi) is 4.55. The molecule has 0 saturated carbocycles. The molecule has 0 bridgehead atoms. The Hall–Kier alpha value is -1.40. The number of hydrogen-bond acceptors (Lipinski definition) is 6. The average Bonchev–Trinajstić information content (AvgIpc) is 2.46. The van der Waals surface area contributed by atoms with Crippen LogP contribution in [-0.2, 0) is 11.2 Å². The van der Waals surface area contributed by atoms with Crippen LogP contribution in [0.2, 0.25) is 0 Å². The first-order valence-corrected chi connectivity index (χ1v) is 6.82. The van der Waals surface area contributed by atoms with Gasteiger partial charge in [0.25, 0.3) is 0 Å². The number of nitrogens with one attached hydrogen (secondary N) is 1. The van der Waals surface area contributed by atoms with E-state index in [2.05, 4.69) is 27.2 Å². The highest BCUT2D eigenvalue weighted by Crippen LogP contribution is 2.25. The summed E-state index contributed by atoms with van der Waals surface area (Å²) >= 11 is 0. The molecule has 2 atom stereocenters. The first-order chi connectivity index (χ1) is 9.17. The van der Waals surface area contributed by atoms with Gasteiger partial charge in [-0.2, -0.15) is 0 Å². The normalized spacial score (nSPS) is 23.5. The van der Waals surface area contributed by atoms with Crippen LogP contribution in [0.1, 0.15) is 32.5 Å². The van der Waals surface area contributed by atoms with E-state index in [0.717, 1.165) is 37.4 Å². The molecule has 19 heavy (non-hydrogen) atoms. The Balaban J connectivity index is 2.21. The molecule has 2 unspecified atom stereocenters. The SMILES string of the molecule is CCc1nc(NN)cc(N2CCC(OC)CC2C)n1. The molecule has 1 fully saturated rings. The summed E-state index contributed by atoms with van der Waals surface area (Å²) in [6, 6.07) is 2.31. The second-order valence-electron chi connectivity index (χ2n) is 4.95. The molecule has 1 aromatic heterocycles. The number of hydrogen-bond donors (Lipinski definition) is 2. The molecule has 1 aliphatic heterocycles. The number of aryl methyl sites for hydroxylation is 1. The minimum atomic E-state index is 0.353. The van der Waals surface area contributed by atoms with E-state index in [0.29, 0.717) is 18.0 Å². The molecule has 0 aliphatic carbocycles. The number of rotatable bonds is 4. The lowest BCUT2D eigenvalue weighted by molar-refractivity contribution is 0.0719. The van der Waals surface area contributed by atoms with Crippen molar-refractivity contribution in [2.45, 2.75) is 45.3 Å². The van der Waals surface area contributed by atoms with E-state index < -0.39 is 0 Å². The van der Waals surface area contributed by atoms with E-state index in [1.165, 1.54) is 0 Å². The zero-order valence-corrected chi connectivity index (χ0v) is 11.9. The maximum absolute atomic E-state index is 5.47. The van der Waals surface area contributed by atoms with E-state index in [9.17, 15) is 0 Å². The van der Waals surface area contributed by atoms with Gasteiger partial charge >= 0.3 is 0 Å². The van der Waals surface area contributed by atoms with Crippen LogP contribution in [0.3, 0.4) is 0 Å². The van der Waals surface area contributed by atoms with Gasteiger partial charge < -0.3 is 15.1 Å². The molecule has 1 saturated heterocycles. The van der Waals surface area contributed by atoms with E-state index in [1.54, 1.807) is 7.11 Å². The lowest BCUT2D eigenvalue weighted by Crippen LogP contribution is -2.43. The number of methoxy groups -OCH3 is 1. The maximum atomic E-state index is 5.47. The van der Waals surface area contributed by atoms with Gasteiger partial charge in [-0.15, -0.1) is 0 Å². The topological polar surface area (TPSA) is 76.3 Å². The fourth-order valence-electron chi connectivity index (χ4n) is 2.55. The third kappa shape index (κ3) is 3.13. The summed E-state index contributed by atoms with van der Waals surface area (Å²) in [5.74, 6) is 7.90. The molecule has 3 N–H and O–H groups in total. The number of anilines is 2. The van der Waals surface area contributed by atoms with Crippen molar-refractivity contribution in [2.24, 2.45) is 5.84 Å². The average molecular weight is 265 g/mol. The Bertz CT molecular complexity index is 403. The van der Waals surface area contributed by atoms with E-state index in [4.69, 9.17) is 10.6 Å². The van der Waals surface area contributed by atoms with Crippen LogP contribution >= 0.6 is 0 Å².